The molecule has 3 aromatic heterocycles. The number of alkyl halides is 3. The second kappa shape index (κ2) is 6.07. The summed E-state index contributed by atoms with van der Waals surface area (Å²) in [5.41, 5.74) is -0.129. The van der Waals surface area contributed by atoms with Crippen molar-refractivity contribution in [1.82, 2.24) is 25.1 Å². The van der Waals surface area contributed by atoms with Crippen LogP contribution in [0.4, 0.5) is 24.3 Å². The third kappa shape index (κ3) is 3.76. The quantitative estimate of drug-likeness (QED) is 0.658. The summed E-state index contributed by atoms with van der Waals surface area (Å²) in [6.07, 6.45) is 0.0334. The van der Waals surface area contributed by atoms with Crippen LogP contribution in [0, 0.1) is 0 Å². The van der Waals surface area contributed by atoms with Gasteiger partial charge in [0, 0.05) is 24.2 Å². The summed E-state index contributed by atoms with van der Waals surface area (Å²) in [6, 6.07) is 1.18. The molecule has 0 unspecified atom stereocenters. The lowest BCUT2D eigenvalue weighted by molar-refractivity contribution is -0.134. The summed E-state index contributed by atoms with van der Waals surface area (Å²) < 4.78 is 62.6. The topological polar surface area (TPSA) is 114 Å². The summed E-state index contributed by atoms with van der Waals surface area (Å²) in [5, 5.41) is 8.15. The summed E-state index contributed by atoms with van der Waals surface area (Å²) in [6.45, 7) is 0. The average molecular weight is 390 g/mol. The lowest BCUT2D eigenvalue weighted by atomic mass is 10.2. The van der Waals surface area contributed by atoms with Crippen molar-refractivity contribution in [2.24, 2.45) is 0 Å². The van der Waals surface area contributed by atoms with Crippen LogP contribution in [-0.2, 0) is 16.0 Å². The standard InChI is InChI=1S/C12H9F3N6O2S2/c1-25(22,23)7-2-3-16-10(19-7)21-11-20-8(6-4-17-18-5-6)9(24-11)12(13,14)15/h2-5H,1H3,(H,17,18)(H,16,19,20,21). The fourth-order valence-corrected chi connectivity index (χ4v) is 3.26. The van der Waals surface area contributed by atoms with E-state index in [4.69, 9.17) is 0 Å². The van der Waals surface area contributed by atoms with Crippen LogP contribution in [0.15, 0.2) is 29.7 Å². The Morgan fingerprint density at radius 3 is 2.64 bits per heavy atom. The van der Waals surface area contributed by atoms with Crippen LogP contribution < -0.4 is 5.32 Å². The van der Waals surface area contributed by atoms with E-state index < -0.39 is 20.9 Å². The molecule has 2 N–H and O–H groups in total. The molecule has 0 bridgehead atoms. The third-order valence-corrected chi connectivity index (χ3v) is 4.89. The number of nitrogens with zero attached hydrogens (tertiary/aromatic N) is 4. The van der Waals surface area contributed by atoms with Gasteiger partial charge in [-0.25, -0.2) is 23.4 Å². The third-order valence-electron chi connectivity index (χ3n) is 2.88. The molecule has 3 aromatic rings. The Hall–Kier alpha value is -2.54. The highest BCUT2D eigenvalue weighted by molar-refractivity contribution is 7.90. The van der Waals surface area contributed by atoms with Crippen LogP contribution in [0.5, 0.6) is 0 Å². The van der Waals surface area contributed by atoms with E-state index in [0.717, 1.165) is 6.26 Å². The number of hydrogen-bond donors (Lipinski definition) is 2. The van der Waals surface area contributed by atoms with Crippen molar-refractivity contribution in [3.8, 4) is 11.3 Å². The van der Waals surface area contributed by atoms with Crippen molar-refractivity contribution < 1.29 is 21.6 Å². The largest absolute Gasteiger partial charge is 0.427 e. The van der Waals surface area contributed by atoms with Gasteiger partial charge in [0.25, 0.3) is 0 Å². The van der Waals surface area contributed by atoms with E-state index in [-0.39, 0.29) is 27.4 Å². The van der Waals surface area contributed by atoms with Gasteiger partial charge in [-0.3, -0.25) is 10.4 Å². The number of hydrogen-bond acceptors (Lipinski definition) is 8. The number of sulfone groups is 1. The van der Waals surface area contributed by atoms with Gasteiger partial charge in [-0.2, -0.15) is 18.3 Å². The lowest BCUT2D eigenvalue weighted by Crippen LogP contribution is -2.04. The predicted octanol–water partition coefficient (Wildman–Crippen LogP) is 2.49. The first-order valence-electron chi connectivity index (χ1n) is 6.52. The van der Waals surface area contributed by atoms with Crippen LogP contribution in [0.25, 0.3) is 11.3 Å². The number of thiazole rings is 1. The molecule has 0 saturated carbocycles. The Bertz CT molecular complexity index is 998. The Kier molecular flexibility index (Phi) is 4.20. The number of aromatic amines is 1. The fourth-order valence-electron chi connectivity index (χ4n) is 1.85. The molecule has 25 heavy (non-hydrogen) atoms. The van der Waals surface area contributed by atoms with Crippen molar-refractivity contribution >= 4 is 32.3 Å². The molecule has 8 nitrogen and oxygen atoms in total. The maximum absolute atomic E-state index is 13.2. The van der Waals surface area contributed by atoms with Crippen molar-refractivity contribution in [1.29, 1.82) is 0 Å². The van der Waals surface area contributed by atoms with Gasteiger partial charge in [-0.1, -0.05) is 11.3 Å². The van der Waals surface area contributed by atoms with E-state index in [1.165, 1.54) is 24.7 Å². The first kappa shape index (κ1) is 17.3. The zero-order valence-electron chi connectivity index (χ0n) is 12.4. The zero-order valence-corrected chi connectivity index (χ0v) is 14.0. The van der Waals surface area contributed by atoms with Crippen LogP contribution >= 0.6 is 11.3 Å². The lowest BCUT2D eigenvalue weighted by Gasteiger charge is -2.03. The molecule has 0 radical (unpaired) electrons. The molecule has 132 valence electrons. The Labute approximate surface area is 143 Å². The van der Waals surface area contributed by atoms with E-state index in [1.807, 2.05) is 0 Å². The molecule has 0 spiro atoms. The van der Waals surface area contributed by atoms with Gasteiger partial charge in [0.1, 0.15) is 4.88 Å². The smallest absolute Gasteiger partial charge is 0.300 e. The van der Waals surface area contributed by atoms with Gasteiger partial charge in [0.2, 0.25) is 5.95 Å². The Morgan fingerprint density at radius 2 is 2.04 bits per heavy atom. The van der Waals surface area contributed by atoms with Crippen LogP contribution in [0.3, 0.4) is 0 Å². The van der Waals surface area contributed by atoms with Crippen molar-refractivity contribution in [3.05, 3.63) is 29.5 Å². The zero-order chi connectivity index (χ0) is 18.2. The molecular formula is C12H9F3N6O2S2. The minimum absolute atomic E-state index is 0.130. The van der Waals surface area contributed by atoms with E-state index in [9.17, 15) is 21.6 Å². The van der Waals surface area contributed by atoms with E-state index in [0.29, 0.717) is 11.3 Å². The Morgan fingerprint density at radius 1 is 1.28 bits per heavy atom. The van der Waals surface area contributed by atoms with Crippen molar-refractivity contribution in [3.63, 3.8) is 0 Å². The minimum Gasteiger partial charge on any atom is -0.300 e. The number of aromatic nitrogens is 5. The second-order valence-electron chi connectivity index (χ2n) is 4.80. The molecule has 0 aliphatic heterocycles. The molecule has 0 fully saturated rings. The monoisotopic (exact) mass is 390 g/mol. The van der Waals surface area contributed by atoms with Crippen molar-refractivity contribution in [2.75, 3.05) is 11.6 Å². The highest BCUT2D eigenvalue weighted by Crippen LogP contribution is 2.42. The number of H-pyrrole nitrogens is 1. The molecule has 0 aromatic carbocycles. The van der Waals surface area contributed by atoms with Gasteiger partial charge >= 0.3 is 6.18 Å². The van der Waals surface area contributed by atoms with Gasteiger partial charge in [0.05, 0.1) is 11.9 Å². The van der Waals surface area contributed by atoms with Crippen LogP contribution in [0.1, 0.15) is 4.88 Å². The SMILES string of the molecule is CS(=O)(=O)c1ccnc(Nc2nc(-c3cn[nH]c3)c(C(F)(F)F)s2)n1. The summed E-state index contributed by atoms with van der Waals surface area (Å²) in [4.78, 5) is 10.5. The molecule has 0 saturated heterocycles. The summed E-state index contributed by atoms with van der Waals surface area (Å²) >= 11 is 0.355. The van der Waals surface area contributed by atoms with Gasteiger partial charge in [-0.05, 0) is 6.07 Å². The van der Waals surface area contributed by atoms with Crippen LogP contribution in [-0.4, -0.2) is 39.8 Å². The average Bonchev–Trinajstić information content (AvgIpc) is 3.14. The molecule has 0 atom stereocenters. The normalized spacial score (nSPS) is 12.3. The number of anilines is 2. The number of nitrogens with one attached hydrogen (secondary N) is 2. The maximum atomic E-state index is 13.2. The fraction of sp³-hybridized carbons (Fsp3) is 0.167. The maximum Gasteiger partial charge on any atom is 0.427 e. The minimum atomic E-state index is -4.61. The molecule has 0 aliphatic carbocycles. The van der Waals surface area contributed by atoms with Crippen molar-refractivity contribution in [2.45, 2.75) is 11.2 Å². The van der Waals surface area contributed by atoms with Crippen LogP contribution in [0.2, 0.25) is 0 Å². The molecule has 13 heteroatoms. The molecule has 3 heterocycles. The number of halogens is 3. The highest BCUT2D eigenvalue weighted by atomic mass is 32.2. The summed E-state index contributed by atoms with van der Waals surface area (Å²) in [5.74, 6) is -0.177. The number of rotatable bonds is 4. The first-order chi connectivity index (χ1) is 11.6. The van der Waals surface area contributed by atoms with Gasteiger partial charge < -0.3 is 0 Å². The molecule has 0 amide bonds. The van der Waals surface area contributed by atoms with E-state index in [2.05, 4.69) is 30.5 Å². The predicted molar refractivity (Wildman–Crippen MR) is 83.1 cm³/mol. The molecule has 3 rings (SSSR count). The first-order valence-corrected chi connectivity index (χ1v) is 9.22. The highest BCUT2D eigenvalue weighted by Gasteiger charge is 2.38. The Balaban J connectivity index is 1.99. The molecular weight excluding hydrogens is 381 g/mol. The van der Waals surface area contributed by atoms with Gasteiger partial charge in [0.15, 0.2) is 20.0 Å². The summed E-state index contributed by atoms with van der Waals surface area (Å²) in [7, 11) is -3.58. The van der Waals surface area contributed by atoms with Gasteiger partial charge in [-0.15, -0.1) is 0 Å². The van der Waals surface area contributed by atoms with E-state index >= 15 is 0 Å². The van der Waals surface area contributed by atoms with E-state index in [1.54, 1.807) is 0 Å². The molecule has 0 aliphatic rings. The second-order valence-corrected chi connectivity index (χ2v) is 7.76.